The Labute approximate surface area is 104 Å². The quantitative estimate of drug-likeness (QED) is 0.820. The van der Waals surface area contributed by atoms with Gasteiger partial charge in [-0.1, -0.05) is 19.8 Å². The predicted molar refractivity (Wildman–Crippen MR) is 68.0 cm³/mol. The molecule has 0 amide bonds. The van der Waals surface area contributed by atoms with Crippen molar-refractivity contribution in [1.29, 1.82) is 0 Å². The highest BCUT2D eigenvalue weighted by Gasteiger charge is 2.36. The summed E-state index contributed by atoms with van der Waals surface area (Å²) in [4.78, 5) is 13.4. The summed E-state index contributed by atoms with van der Waals surface area (Å²) in [5.74, 6) is 0.292. The molecule has 0 spiro atoms. The average molecular weight is 239 g/mol. The lowest BCUT2D eigenvalue weighted by Crippen LogP contribution is -2.44. The number of likely N-dealkylation sites (tertiary alicyclic amines) is 1. The SMILES string of the molecule is CCCC1CCC(N2CCCC2C(=O)O)CC1. The fraction of sp³-hybridized carbons (Fsp3) is 0.929. The Morgan fingerprint density at radius 3 is 2.53 bits per heavy atom. The van der Waals surface area contributed by atoms with Crippen molar-refractivity contribution in [2.45, 2.75) is 70.4 Å². The summed E-state index contributed by atoms with van der Waals surface area (Å²) in [5, 5.41) is 9.21. The zero-order valence-corrected chi connectivity index (χ0v) is 10.9. The summed E-state index contributed by atoms with van der Waals surface area (Å²) in [7, 11) is 0. The van der Waals surface area contributed by atoms with Crippen molar-refractivity contribution in [2.75, 3.05) is 6.54 Å². The van der Waals surface area contributed by atoms with Crippen molar-refractivity contribution in [2.24, 2.45) is 5.92 Å². The first kappa shape index (κ1) is 12.9. The van der Waals surface area contributed by atoms with Crippen molar-refractivity contribution in [3.05, 3.63) is 0 Å². The van der Waals surface area contributed by atoms with Gasteiger partial charge in [0.2, 0.25) is 0 Å². The van der Waals surface area contributed by atoms with E-state index in [2.05, 4.69) is 11.8 Å². The second-order valence-electron chi connectivity index (χ2n) is 5.70. The van der Waals surface area contributed by atoms with E-state index in [4.69, 9.17) is 0 Å². The molecule has 0 aromatic heterocycles. The number of carboxylic acids is 1. The lowest BCUT2D eigenvalue weighted by atomic mass is 9.83. The molecule has 2 aliphatic rings. The van der Waals surface area contributed by atoms with E-state index in [1.54, 1.807) is 0 Å². The molecule has 1 saturated heterocycles. The number of aliphatic carboxylic acids is 1. The number of hydrogen-bond acceptors (Lipinski definition) is 2. The van der Waals surface area contributed by atoms with Crippen molar-refractivity contribution in [3.8, 4) is 0 Å². The monoisotopic (exact) mass is 239 g/mol. The fourth-order valence-corrected chi connectivity index (χ4v) is 3.66. The molecule has 1 unspecified atom stereocenters. The van der Waals surface area contributed by atoms with Crippen LogP contribution in [0.2, 0.25) is 0 Å². The molecular weight excluding hydrogens is 214 g/mol. The molecule has 1 heterocycles. The third kappa shape index (κ3) is 3.01. The first-order valence-corrected chi connectivity index (χ1v) is 7.21. The highest BCUT2D eigenvalue weighted by Crippen LogP contribution is 2.33. The van der Waals surface area contributed by atoms with Gasteiger partial charge in [0.15, 0.2) is 0 Å². The lowest BCUT2D eigenvalue weighted by Gasteiger charge is -2.36. The van der Waals surface area contributed by atoms with Crippen LogP contribution in [-0.4, -0.2) is 34.6 Å². The molecule has 1 saturated carbocycles. The van der Waals surface area contributed by atoms with Crippen LogP contribution in [0, 0.1) is 5.92 Å². The van der Waals surface area contributed by atoms with Gasteiger partial charge in [-0.15, -0.1) is 0 Å². The summed E-state index contributed by atoms with van der Waals surface area (Å²) in [6, 6.07) is 0.356. The normalized spacial score (nSPS) is 35.0. The van der Waals surface area contributed by atoms with E-state index in [1.165, 1.54) is 38.5 Å². The molecule has 2 fully saturated rings. The number of carboxylic acid groups (broad SMARTS) is 1. The van der Waals surface area contributed by atoms with E-state index >= 15 is 0 Å². The van der Waals surface area contributed by atoms with Gasteiger partial charge in [0.1, 0.15) is 6.04 Å². The topological polar surface area (TPSA) is 40.5 Å². The van der Waals surface area contributed by atoms with Crippen LogP contribution in [0.15, 0.2) is 0 Å². The second kappa shape index (κ2) is 5.85. The van der Waals surface area contributed by atoms with Gasteiger partial charge < -0.3 is 5.11 Å². The Morgan fingerprint density at radius 2 is 1.94 bits per heavy atom. The standard InChI is InChI=1S/C14H25NO2/c1-2-4-11-6-8-12(9-7-11)15-10-3-5-13(15)14(16)17/h11-13H,2-10H2,1H3,(H,16,17). The van der Waals surface area contributed by atoms with Gasteiger partial charge in [0, 0.05) is 6.04 Å². The summed E-state index contributed by atoms with van der Waals surface area (Å²) in [5.41, 5.74) is 0. The van der Waals surface area contributed by atoms with Crippen molar-refractivity contribution < 1.29 is 9.90 Å². The van der Waals surface area contributed by atoms with Crippen LogP contribution in [0.5, 0.6) is 0 Å². The lowest BCUT2D eigenvalue weighted by molar-refractivity contribution is -0.143. The number of nitrogens with zero attached hydrogens (tertiary/aromatic N) is 1. The summed E-state index contributed by atoms with van der Waals surface area (Å²) in [6.45, 7) is 3.26. The van der Waals surface area contributed by atoms with Gasteiger partial charge in [-0.25, -0.2) is 0 Å². The average Bonchev–Trinajstić information content (AvgIpc) is 2.79. The maximum absolute atomic E-state index is 11.2. The molecule has 3 nitrogen and oxygen atoms in total. The van der Waals surface area contributed by atoms with Gasteiger partial charge in [0.05, 0.1) is 0 Å². The van der Waals surface area contributed by atoms with E-state index < -0.39 is 5.97 Å². The smallest absolute Gasteiger partial charge is 0.320 e. The van der Waals surface area contributed by atoms with Gasteiger partial charge >= 0.3 is 5.97 Å². The summed E-state index contributed by atoms with van der Waals surface area (Å²) < 4.78 is 0. The largest absolute Gasteiger partial charge is 0.480 e. The Bertz CT molecular complexity index is 259. The van der Waals surface area contributed by atoms with E-state index in [0.29, 0.717) is 6.04 Å². The minimum atomic E-state index is -0.613. The van der Waals surface area contributed by atoms with E-state index in [-0.39, 0.29) is 6.04 Å². The fourth-order valence-electron chi connectivity index (χ4n) is 3.66. The molecule has 0 aromatic carbocycles. The zero-order valence-electron chi connectivity index (χ0n) is 10.9. The Kier molecular flexibility index (Phi) is 4.43. The second-order valence-corrected chi connectivity index (χ2v) is 5.70. The van der Waals surface area contributed by atoms with Crippen LogP contribution in [0.3, 0.4) is 0 Å². The molecule has 1 N–H and O–H groups in total. The number of carbonyl (C=O) groups is 1. The predicted octanol–water partition coefficient (Wildman–Crippen LogP) is 2.89. The molecule has 17 heavy (non-hydrogen) atoms. The molecule has 3 heteroatoms. The van der Waals surface area contributed by atoms with Gasteiger partial charge in [-0.05, 0) is 51.0 Å². The van der Waals surface area contributed by atoms with Crippen LogP contribution in [-0.2, 0) is 4.79 Å². The summed E-state index contributed by atoms with van der Waals surface area (Å²) in [6.07, 6.45) is 9.60. The molecular formula is C14H25NO2. The van der Waals surface area contributed by atoms with Crippen molar-refractivity contribution in [1.82, 2.24) is 4.90 Å². The maximum Gasteiger partial charge on any atom is 0.320 e. The Morgan fingerprint density at radius 1 is 1.24 bits per heavy atom. The van der Waals surface area contributed by atoms with Crippen molar-refractivity contribution in [3.63, 3.8) is 0 Å². The first-order valence-electron chi connectivity index (χ1n) is 7.21. The van der Waals surface area contributed by atoms with Gasteiger partial charge in [-0.2, -0.15) is 0 Å². The molecule has 98 valence electrons. The number of rotatable bonds is 4. The molecule has 0 aromatic rings. The molecule has 1 atom stereocenters. The van der Waals surface area contributed by atoms with E-state index in [0.717, 1.165) is 25.3 Å². The Hall–Kier alpha value is -0.570. The van der Waals surface area contributed by atoms with E-state index in [1.807, 2.05) is 0 Å². The third-order valence-electron chi connectivity index (χ3n) is 4.56. The molecule has 2 rings (SSSR count). The molecule has 0 bridgehead atoms. The van der Waals surface area contributed by atoms with Crippen LogP contribution < -0.4 is 0 Å². The van der Waals surface area contributed by atoms with Crippen LogP contribution >= 0.6 is 0 Å². The molecule has 0 radical (unpaired) electrons. The van der Waals surface area contributed by atoms with Crippen LogP contribution in [0.25, 0.3) is 0 Å². The van der Waals surface area contributed by atoms with Crippen molar-refractivity contribution >= 4 is 5.97 Å². The zero-order chi connectivity index (χ0) is 12.3. The highest BCUT2D eigenvalue weighted by molar-refractivity contribution is 5.73. The van der Waals surface area contributed by atoms with Crippen LogP contribution in [0.1, 0.15) is 58.3 Å². The molecule has 1 aliphatic heterocycles. The first-order chi connectivity index (χ1) is 8.22. The molecule has 1 aliphatic carbocycles. The summed E-state index contributed by atoms with van der Waals surface area (Å²) >= 11 is 0. The minimum Gasteiger partial charge on any atom is -0.480 e. The maximum atomic E-state index is 11.2. The number of hydrogen-bond donors (Lipinski definition) is 1. The Balaban J connectivity index is 1.85. The third-order valence-corrected chi connectivity index (χ3v) is 4.56. The highest BCUT2D eigenvalue weighted by atomic mass is 16.4. The minimum absolute atomic E-state index is 0.192. The van der Waals surface area contributed by atoms with Gasteiger partial charge in [-0.3, -0.25) is 9.69 Å². The van der Waals surface area contributed by atoms with Crippen LogP contribution in [0.4, 0.5) is 0 Å². The van der Waals surface area contributed by atoms with E-state index in [9.17, 15) is 9.90 Å². The van der Waals surface area contributed by atoms with Gasteiger partial charge in [0.25, 0.3) is 0 Å².